The Morgan fingerprint density at radius 2 is 1.82 bits per heavy atom. The van der Waals surface area contributed by atoms with Gasteiger partial charge >= 0.3 is 0 Å². The number of anilines is 3. The van der Waals surface area contributed by atoms with Gasteiger partial charge in [-0.05, 0) is 47.4 Å². The van der Waals surface area contributed by atoms with Gasteiger partial charge in [0.25, 0.3) is 5.91 Å². The van der Waals surface area contributed by atoms with Gasteiger partial charge in [-0.1, -0.05) is 45.0 Å². The highest BCUT2D eigenvalue weighted by molar-refractivity contribution is 6.05. The highest BCUT2D eigenvalue weighted by atomic mass is 16.1. The Bertz CT molecular complexity index is 1040. The van der Waals surface area contributed by atoms with Crippen molar-refractivity contribution in [2.45, 2.75) is 26.2 Å². The zero-order valence-electron chi connectivity index (χ0n) is 16.2. The quantitative estimate of drug-likeness (QED) is 0.658. The second-order valence-corrected chi connectivity index (χ2v) is 7.50. The molecule has 1 amide bonds. The minimum atomic E-state index is -0.201. The number of nitriles is 1. The molecule has 0 bridgehead atoms. The van der Waals surface area contributed by atoms with Gasteiger partial charge in [0, 0.05) is 23.1 Å². The van der Waals surface area contributed by atoms with Crippen LogP contribution in [-0.4, -0.2) is 10.9 Å². The van der Waals surface area contributed by atoms with Gasteiger partial charge in [0.05, 0.1) is 11.6 Å². The molecule has 0 saturated carbocycles. The van der Waals surface area contributed by atoms with Crippen molar-refractivity contribution in [1.82, 2.24) is 4.98 Å². The van der Waals surface area contributed by atoms with Gasteiger partial charge < -0.3 is 10.6 Å². The number of nitrogens with zero attached hydrogens (tertiary/aromatic N) is 2. The van der Waals surface area contributed by atoms with E-state index in [1.54, 1.807) is 36.5 Å². The number of nitrogens with one attached hydrogen (secondary N) is 2. The first-order valence-electron chi connectivity index (χ1n) is 9.01. The van der Waals surface area contributed by atoms with E-state index in [9.17, 15) is 4.79 Å². The van der Waals surface area contributed by atoms with Gasteiger partial charge in [-0.15, -0.1) is 0 Å². The van der Waals surface area contributed by atoms with Gasteiger partial charge in [0.1, 0.15) is 5.82 Å². The largest absolute Gasteiger partial charge is 0.340 e. The summed E-state index contributed by atoms with van der Waals surface area (Å²) in [6.07, 6.45) is 1.58. The summed E-state index contributed by atoms with van der Waals surface area (Å²) in [5, 5.41) is 15.2. The fourth-order valence-electron chi connectivity index (χ4n) is 2.90. The topological polar surface area (TPSA) is 77.8 Å². The van der Waals surface area contributed by atoms with Crippen molar-refractivity contribution in [2.24, 2.45) is 0 Å². The average molecular weight is 370 g/mol. The average Bonchev–Trinajstić information content (AvgIpc) is 2.68. The van der Waals surface area contributed by atoms with Crippen LogP contribution in [0, 0.1) is 11.3 Å². The Kier molecular flexibility index (Phi) is 5.42. The lowest BCUT2D eigenvalue weighted by Crippen LogP contribution is -2.18. The molecule has 2 aromatic carbocycles. The Hall–Kier alpha value is -3.65. The molecule has 0 radical (unpaired) electrons. The van der Waals surface area contributed by atoms with E-state index < -0.39 is 0 Å². The molecule has 1 aromatic heterocycles. The van der Waals surface area contributed by atoms with Crippen molar-refractivity contribution in [3.05, 3.63) is 83.6 Å². The monoisotopic (exact) mass is 370 g/mol. The summed E-state index contributed by atoms with van der Waals surface area (Å²) in [6.45, 7) is 6.34. The zero-order chi connectivity index (χ0) is 20.1. The predicted octanol–water partition coefficient (Wildman–Crippen LogP) is 5.25. The number of aromatic nitrogens is 1. The second-order valence-electron chi connectivity index (χ2n) is 7.50. The van der Waals surface area contributed by atoms with Crippen LogP contribution in [0.15, 0.2) is 66.9 Å². The summed E-state index contributed by atoms with van der Waals surface area (Å²) >= 11 is 0. The first-order chi connectivity index (χ1) is 13.4. The van der Waals surface area contributed by atoms with Gasteiger partial charge in [-0.3, -0.25) is 4.79 Å². The van der Waals surface area contributed by atoms with Crippen LogP contribution in [0.2, 0.25) is 0 Å². The molecule has 0 spiro atoms. The Morgan fingerprint density at radius 1 is 1.04 bits per heavy atom. The summed E-state index contributed by atoms with van der Waals surface area (Å²) in [6, 6.07) is 20.4. The standard InChI is InChI=1S/C23H22N4O/c1-23(2,3)19-9-4-5-10-20(19)27-22(28)17-11-12-25-21(14-17)26-18-8-6-7-16(13-18)15-24/h4-14H,1-3H3,(H,25,26)(H,27,28). The number of amides is 1. The molecule has 140 valence electrons. The highest BCUT2D eigenvalue weighted by Gasteiger charge is 2.19. The van der Waals surface area contributed by atoms with Crippen LogP contribution >= 0.6 is 0 Å². The molecule has 0 aliphatic rings. The maximum absolute atomic E-state index is 12.8. The second kappa shape index (κ2) is 7.93. The molecule has 0 unspecified atom stereocenters. The Labute approximate surface area is 165 Å². The maximum atomic E-state index is 12.8. The van der Waals surface area contributed by atoms with Crippen molar-refractivity contribution in [3.63, 3.8) is 0 Å². The van der Waals surface area contributed by atoms with Crippen LogP contribution in [0.5, 0.6) is 0 Å². The third-order valence-corrected chi connectivity index (χ3v) is 4.27. The van der Waals surface area contributed by atoms with Crippen molar-refractivity contribution < 1.29 is 4.79 Å². The molecule has 1 heterocycles. The normalized spacial score (nSPS) is 10.8. The number of pyridine rings is 1. The molecular weight excluding hydrogens is 348 g/mol. The van der Waals surface area contributed by atoms with Crippen LogP contribution in [-0.2, 0) is 5.41 Å². The van der Waals surface area contributed by atoms with Crippen LogP contribution in [0.3, 0.4) is 0 Å². The molecule has 5 heteroatoms. The highest BCUT2D eigenvalue weighted by Crippen LogP contribution is 2.29. The summed E-state index contributed by atoms with van der Waals surface area (Å²) < 4.78 is 0. The summed E-state index contributed by atoms with van der Waals surface area (Å²) in [7, 11) is 0. The zero-order valence-corrected chi connectivity index (χ0v) is 16.2. The molecule has 0 aliphatic heterocycles. The minimum Gasteiger partial charge on any atom is -0.340 e. The molecule has 2 N–H and O–H groups in total. The van der Waals surface area contributed by atoms with E-state index >= 15 is 0 Å². The SMILES string of the molecule is CC(C)(C)c1ccccc1NC(=O)c1ccnc(Nc2cccc(C#N)c2)c1. The molecule has 3 rings (SSSR count). The third-order valence-electron chi connectivity index (χ3n) is 4.27. The van der Waals surface area contributed by atoms with Gasteiger partial charge in [-0.25, -0.2) is 4.98 Å². The van der Waals surface area contributed by atoms with Crippen LogP contribution in [0.4, 0.5) is 17.2 Å². The number of carbonyl (C=O) groups is 1. The molecule has 0 fully saturated rings. The van der Waals surface area contributed by atoms with E-state index in [-0.39, 0.29) is 11.3 Å². The van der Waals surface area contributed by atoms with E-state index in [2.05, 4.69) is 42.5 Å². The van der Waals surface area contributed by atoms with E-state index in [1.165, 1.54) is 0 Å². The van der Waals surface area contributed by atoms with Crippen LogP contribution < -0.4 is 10.6 Å². The molecule has 28 heavy (non-hydrogen) atoms. The van der Waals surface area contributed by atoms with Gasteiger partial charge in [-0.2, -0.15) is 5.26 Å². The number of hydrogen-bond acceptors (Lipinski definition) is 4. The van der Waals surface area contributed by atoms with Crippen LogP contribution in [0.1, 0.15) is 42.3 Å². The number of para-hydroxylation sites is 1. The number of carbonyl (C=O) groups excluding carboxylic acids is 1. The van der Waals surface area contributed by atoms with Crippen molar-refractivity contribution >= 4 is 23.1 Å². The smallest absolute Gasteiger partial charge is 0.255 e. The van der Waals surface area contributed by atoms with Gasteiger partial charge in [0.2, 0.25) is 0 Å². The molecular formula is C23H22N4O. The van der Waals surface area contributed by atoms with E-state index in [4.69, 9.17) is 5.26 Å². The Balaban J connectivity index is 1.81. The lowest BCUT2D eigenvalue weighted by molar-refractivity contribution is 0.102. The molecule has 0 aliphatic carbocycles. The molecule has 0 atom stereocenters. The van der Waals surface area contributed by atoms with E-state index in [0.717, 1.165) is 16.9 Å². The summed E-state index contributed by atoms with van der Waals surface area (Å²) in [4.78, 5) is 17.1. The number of rotatable bonds is 4. The third kappa shape index (κ3) is 4.54. The lowest BCUT2D eigenvalue weighted by Gasteiger charge is -2.23. The Morgan fingerprint density at radius 3 is 2.57 bits per heavy atom. The van der Waals surface area contributed by atoms with Crippen molar-refractivity contribution in [1.29, 1.82) is 5.26 Å². The minimum absolute atomic E-state index is 0.0827. The van der Waals surface area contributed by atoms with Crippen molar-refractivity contribution in [2.75, 3.05) is 10.6 Å². The number of benzene rings is 2. The fraction of sp³-hybridized carbons (Fsp3) is 0.174. The van der Waals surface area contributed by atoms with Crippen LogP contribution in [0.25, 0.3) is 0 Å². The molecule has 0 saturated heterocycles. The predicted molar refractivity (Wildman–Crippen MR) is 112 cm³/mol. The fourth-order valence-corrected chi connectivity index (χ4v) is 2.90. The summed E-state index contributed by atoms with van der Waals surface area (Å²) in [5.41, 5.74) is 3.58. The summed E-state index contributed by atoms with van der Waals surface area (Å²) in [5.74, 6) is 0.333. The van der Waals surface area contributed by atoms with Gasteiger partial charge in [0.15, 0.2) is 0 Å². The number of hydrogen-bond donors (Lipinski definition) is 2. The van der Waals surface area contributed by atoms with E-state index in [1.807, 2.05) is 30.3 Å². The molecule has 3 aromatic rings. The molecule has 5 nitrogen and oxygen atoms in total. The van der Waals surface area contributed by atoms with E-state index in [0.29, 0.717) is 16.9 Å². The maximum Gasteiger partial charge on any atom is 0.255 e. The lowest BCUT2D eigenvalue weighted by atomic mass is 9.86. The first kappa shape index (κ1) is 19.1. The first-order valence-corrected chi connectivity index (χ1v) is 9.01. The van der Waals surface area contributed by atoms with Crippen molar-refractivity contribution in [3.8, 4) is 6.07 Å².